The second-order valence-corrected chi connectivity index (χ2v) is 3.86. The average molecular weight is 267 g/mol. The Morgan fingerprint density at radius 2 is 2.11 bits per heavy atom. The highest BCUT2D eigenvalue weighted by Gasteiger charge is 2.24. The van der Waals surface area contributed by atoms with Crippen LogP contribution in [0.25, 0.3) is 11.1 Å². The predicted molar refractivity (Wildman–Crippen MR) is 61.1 cm³/mol. The lowest BCUT2D eigenvalue weighted by Gasteiger charge is -2.07. The fourth-order valence-corrected chi connectivity index (χ4v) is 1.78. The van der Waals surface area contributed by atoms with Crippen molar-refractivity contribution in [3.8, 4) is 0 Å². The van der Waals surface area contributed by atoms with Gasteiger partial charge in [0, 0.05) is 6.92 Å². The minimum absolute atomic E-state index is 0.213. The van der Waals surface area contributed by atoms with Gasteiger partial charge in [-0.3, -0.25) is 14.9 Å². The number of hydrogen-bond donors (Lipinski definition) is 2. The first kappa shape index (κ1) is 12.6. The van der Waals surface area contributed by atoms with Crippen LogP contribution in [0, 0.1) is 24.0 Å². The zero-order chi connectivity index (χ0) is 14.3. The Balaban J connectivity index is 3.20. The number of aromatic nitrogens is 1. The number of hydrogen-bond acceptors (Lipinski definition) is 7. The van der Waals surface area contributed by atoms with E-state index in [1.807, 2.05) is 0 Å². The van der Waals surface area contributed by atoms with E-state index in [1.165, 1.54) is 19.9 Å². The largest absolute Gasteiger partial charge is 0.435 e. The molecule has 0 amide bonds. The molecular formula is C10H9N3O6. The standard InChI is InChI=1S/C10H9N3O6/c1-4-3-6(11-15)7-9(14)8(13(17)18)5(2)19-10(7)12(4)16/h3,15-16H,1-2H3/b11-6+. The first-order chi connectivity index (χ1) is 8.88. The zero-order valence-corrected chi connectivity index (χ0v) is 9.95. The molecule has 0 saturated carbocycles. The van der Waals surface area contributed by atoms with Gasteiger partial charge in [0.2, 0.25) is 5.71 Å². The van der Waals surface area contributed by atoms with Gasteiger partial charge in [0.05, 0.1) is 10.6 Å². The van der Waals surface area contributed by atoms with Gasteiger partial charge in [-0.2, -0.15) is 4.73 Å². The normalized spacial score (nSPS) is 12.0. The summed E-state index contributed by atoms with van der Waals surface area (Å²) in [7, 11) is 0. The third-order valence-corrected chi connectivity index (χ3v) is 2.66. The molecule has 19 heavy (non-hydrogen) atoms. The number of rotatable bonds is 1. The van der Waals surface area contributed by atoms with Gasteiger partial charge in [-0.25, -0.2) is 0 Å². The second-order valence-electron chi connectivity index (χ2n) is 3.86. The van der Waals surface area contributed by atoms with Gasteiger partial charge in [0.25, 0.3) is 5.43 Å². The lowest BCUT2D eigenvalue weighted by Crippen LogP contribution is -2.21. The molecule has 0 bridgehead atoms. The molecule has 2 aromatic heterocycles. The predicted octanol–water partition coefficient (Wildman–Crippen LogP) is 0.647. The molecule has 0 aliphatic heterocycles. The van der Waals surface area contributed by atoms with Crippen LogP contribution in [0.1, 0.15) is 11.5 Å². The molecule has 2 heterocycles. The van der Waals surface area contributed by atoms with E-state index in [1.54, 1.807) is 0 Å². The molecule has 0 unspecified atom stereocenters. The quantitative estimate of drug-likeness (QED) is 0.337. The van der Waals surface area contributed by atoms with Gasteiger partial charge < -0.3 is 14.8 Å². The van der Waals surface area contributed by atoms with Crippen molar-refractivity contribution < 1.29 is 19.8 Å². The summed E-state index contributed by atoms with van der Waals surface area (Å²) in [5.41, 5.74) is -1.83. The van der Waals surface area contributed by atoms with Crippen LogP contribution in [0.2, 0.25) is 0 Å². The van der Waals surface area contributed by atoms with E-state index >= 15 is 0 Å². The van der Waals surface area contributed by atoms with Gasteiger partial charge in [-0.15, -0.1) is 0 Å². The van der Waals surface area contributed by atoms with Crippen molar-refractivity contribution in [1.82, 2.24) is 4.73 Å². The first-order valence-corrected chi connectivity index (χ1v) is 5.10. The fourth-order valence-electron chi connectivity index (χ4n) is 1.78. The van der Waals surface area contributed by atoms with E-state index < -0.39 is 16.0 Å². The molecule has 2 aromatic rings. The van der Waals surface area contributed by atoms with Crippen molar-refractivity contribution in [2.24, 2.45) is 5.16 Å². The van der Waals surface area contributed by atoms with E-state index in [9.17, 15) is 20.1 Å². The highest BCUT2D eigenvalue weighted by molar-refractivity contribution is 5.75. The van der Waals surface area contributed by atoms with Crippen molar-refractivity contribution in [3.05, 3.63) is 43.2 Å². The van der Waals surface area contributed by atoms with E-state index in [4.69, 9.17) is 9.62 Å². The van der Waals surface area contributed by atoms with Crippen LogP contribution in [0.5, 0.6) is 0 Å². The topological polar surface area (TPSA) is 131 Å². The summed E-state index contributed by atoms with van der Waals surface area (Å²) in [5.74, 6) is -0.250. The van der Waals surface area contributed by atoms with Gasteiger partial charge in [0.1, 0.15) is 10.7 Å². The lowest BCUT2D eigenvalue weighted by atomic mass is 10.2. The number of nitrogens with zero attached hydrogens (tertiary/aromatic N) is 3. The van der Waals surface area contributed by atoms with E-state index in [0.717, 1.165) is 0 Å². The van der Waals surface area contributed by atoms with Crippen LogP contribution in [-0.4, -0.2) is 20.1 Å². The van der Waals surface area contributed by atoms with Crippen molar-refractivity contribution in [1.29, 1.82) is 0 Å². The van der Waals surface area contributed by atoms with Gasteiger partial charge in [-0.05, 0) is 13.0 Å². The molecule has 0 aliphatic carbocycles. The minimum Gasteiger partial charge on any atom is -0.435 e. The maximum Gasteiger partial charge on any atom is 0.354 e. The number of fused-ring (bicyclic) bond motifs is 1. The molecule has 0 fully saturated rings. The van der Waals surface area contributed by atoms with Crippen molar-refractivity contribution >= 4 is 16.8 Å². The molecule has 0 aromatic carbocycles. The Morgan fingerprint density at radius 1 is 1.47 bits per heavy atom. The maximum atomic E-state index is 12.0. The van der Waals surface area contributed by atoms with E-state index in [-0.39, 0.29) is 27.9 Å². The van der Waals surface area contributed by atoms with Crippen LogP contribution in [0.15, 0.2) is 20.4 Å². The number of pyridine rings is 1. The van der Waals surface area contributed by atoms with Crippen molar-refractivity contribution in [3.63, 3.8) is 0 Å². The highest BCUT2D eigenvalue weighted by atomic mass is 16.6. The fraction of sp³-hybridized carbons (Fsp3) is 0.200. The Hall–Kier alpha value is -2.84. The molecule has 2 N–H and O–H groups in total. The molecule has 0 saturated heterocycles. The van der Waals surface area contributed by atoms with Crippen LogP contribution in [0.4, 0.5) is 5.69 Å². The highest BCUT2D eigenvalue weighted by Crippen LogP contribution is 2.18. The van der Waals surface area contributed by atoms with Crippen LogP contribution in [0.3, 0.4) is 0 Å². The van der Waals surface area contributed by atoms with Crippen molar-refractivity contribution in [2.45, 2.75) is 13.8 Å². The summed E-state index contributed by atoms with van der Waals surface area (Å²) >= 11 is 0. The Kier molecular flexibility index (Phi) is 2.74. The molecular weight excluding hydrogens is 258 g/mol. The second kappa shape index (κ2) is 4.12. The maximum absolute atomic E-state index is 12.0. The molecule has 100 valence electrons. The van der Waals surface area contributed by atoms with Gasteiger partial charge >= 0.3 is 5.69 Å². The Labute approximate surface area is 104 Å². The third kappa shape index (κ3) is 1.71. The van der Waals surface area contributed by atoms with Gasteiger partial charge in [-0.1, -0.05) is 5.16 Å². The smallest absolute Gasteiger partial charge is 0.354 e. The molecule has 0 radical (unpaired) electrons. The zero-order valence-electron chi connectivity index (χ0n) is 9.95. The summed E-state index contributed by atoms with van der Waals surface area (Å²) in [6.07, 6.45) is 0. The lowest BCUT2D eigenvalue weighted by molar-refractivity contribution is -0.387. The van der Waals surface area contributed by atoms with E-state index in [2.05, 4.69) is 5.16 Å². The first-order valence-electron chi connectivity index (χ1n) is 5.10. The van der Waals surface area contributed by atoms with E-state index in [0.29, 0.717) is 4.73 Å². The summed E-state index contributed by atoms with van der Waals surface area (Å²) in [4.78, 5) is 22.0. The minimum atomic E-state index is -0.987. The van der Waals surface area contributed by atoms with Crippen molar-refractivity contribution in [2.75, 3.05) is 0 Å². The number of nitro groups is 1. The molecule has 2 rings (SSSR count). The summed E-state index contributed by atoms with van der Waals surface area (Å²) in [6.45, 7) is 2.71. The third-order valence-electron chi connectivity index (χ3n) is 2.66. The average Bonchev–Trinajstić information content (AvgIpc) is 2.33. The summed E-state index contributed by atoms with van der Waals surface area (Å²) in [6, 6.07) is 1.19. The van der Waals surface area contributed by atoms with Crippen LogP contribution >= 0.6 is 0 Å². The monoisotopic (exact) mass is 267 g/mol. The summed E-state index contributed by atoms with van der Waals surface area (Å²) in [5, 5.41) is 31.7. The van der Waals surface area contributed by atoms with Crippen LogP contribution < -0.4 is 10.8 Å². The van der Waals surface area contributed by atoms with Crippen LogP contribution in [-0.2, 0) is 0 Å². The SMILES string of the molecule is Cc1oc2c(c(=O)c1[N+](=O)[O-])/c(=N/O)cc(C)n2O. The Morgan fingerprint density at radius 3 is 2.63 bits per heavy atom. The Bertz CT molecular complexity index is 817. The summed E-state index contributed by atoms with van der Waals surface area (Å²) < 4.78 is 5.65. The molecule has 9 nitrogen and oxygen atoms in total. The molecule has 0 spiro atoms. The molecule has 0 atom stereocenters. The molecule has 0 aliphatic rings. The van der Waals surface area contributed by atoms with Gasteiger partial charge in [0.15, 0.2) is 5.76 Å². The molecule has 9 heteroatoms. The number of aryl methyl sites for hydroxylation is 2.